The first-order valence-electron chi connectivity index (χ1n) is 5.88. The Balaban J connectivity index is 2.28. The van der Waals surface area contributed by atoms with E-state index in [1.54, 1.807) is 10.8 Å². The first-order valence-corrected chi connectivity index (χ1v) is 5.88. The van der Waals surface area contributed by atoms with Crippen molar-refractivity contribution in [2.24, 2.45) is 0 Å². The number of rotatable bonds is 3. The molecule has 5 nitrogen and oxygen atoms in total. The molecule has 0 saturated carbocycles. The Hall–Kier alpha value is -2.56. The number of carboxylic acids is 1. The number of benzene rings is 1. The van der Waals surface area contributed by atoms with Crippen LogP contribution in [0, 0.1) is 6.92 Å². The quantitative estimate of drug-likeness (QED) is 0.782. The summed E-state index contributed by atoms with van der Waals surface area (Å²) >= 11 is 0. The van der Waals surface area contributed by atoms with Crippen molar-refractivity contribution in [3.05, 3.63) is 42.2 Å². The Morgan fingerprint density at radius 1 is 1.37 bits per heavy atom. The van der Waals surface area contributed by atoms with Gasteiger partial charge in [0.25, 0.3) is 0 Å². The summed E-state index contributed by atoms with van der Waals surface area (Å²) in [4.78, 5) is 15.5. The number of aromatic nitrogens is 2. The molecule has 19 heavy (non-hydrogen) atoms. The van der Waals surface area contributed by atoms with Crippen LogP contribution in [-0.4, -0.2) is 20.6 Å². The van der Waals surface area contributed by atoms with Crippen molar-refractivity contribution < 1.29 is 14.3 Å². The lowest BCUT2D eigenvalue weighted by Crippen LogP contribution is -2.10. The highest BCUT2D eigenvalue weighted by molar-refractivity contribution is 5.82. The number of hydrogen-bond acceptors (Lipinski definition) is 3. The molecule has 1 aromatic carbocycles. The van der Waals surface area contributed by atoms with Crippen molar-refractivity contribution in [3.63, 3.8) is 0 Å². The average molecular weight is 256 g/mol. The van der Waals surface area contributed by atoms with Gasteiger partial charge < -0.3 is 14.1 Å². The second-order valence-corrected chi connectivity index (χ2v) is 4.34. The van der Waals surface area contributed by atoms with Gasteiger partial charge in [0.15, 0.2) is 11.6 Å². The summed E-state index contributed by atoms with van der Waals surface area (Å²) < 4.78 is 7.08. The molecule has 0 radical (unpaired) electrons. The monoisotopic (exact) mass is 256 g/mol. The lowest BCUT2D eigenvalue weighted by Gasteiger charge is -2.04. The molecule has 0 unspecified atom stereocenters. The number of para-hydroxylation sites is 2. The number of aliphatic carboxylic acids is 1. The highest BCUT2D eigenvalue weighted by Gasteiger charge is 2.18. The summed E-state index contributed by atoms with van der Waals surface area (Å²) in [5.74, 6) is 0.247. The van der Waals surface area contributed by atoms with E-state index in [-0.39, 0.29) is 6.54 Å². The molecular formula is C14H12N2O3. The fourth-order valence-electron chi connectivity index (χ4n) is 2.15. The summed E-state index contributed by atoms with van der Waals surface area (Å²) in [6.07, 6.45) is 1.58. The molecule has 0 aliphatic rings. The maximum absolute atomic E-state index is 11.0. The maximum atomic E-state index is 11.0. The molecule has 96 valence electrons. The Labute approximate surface area is 109 Å². The van der Waals surface area contributed by atoms with Crippen LogP contribution >= 0.6 is 0 Å². The second kappa shape index (κ2) is 4.28. The third kappa shape index (κ3) is 1.89. The molecule has 0 spiro atoms. The second-order valence-electron chi connectivity index (χ2n) is 4.34. The van der Waals surface area contributed by atoms with E-state index in [0.717, 1.165) is 16.6 Å². The average Bonchev–Trinajstić information content (AvgIpc) is 2.93. The van der Waals surface area contributed by atoms with E-state index in [9.17, 15) is 4.79 Å². The number of nitrogens with zero attached hydrogens (tertiary/aromatic N) is 2. The summed E-state index contributed by atoms with van der Waals surface area (Å²) in [5.41, 5.74) is 2.48. The van der Waals surface area contributed by atoms with Crippen LogP contribution in [0.2, 0.25) is 0 Å². The standard InChI is InChI=1S/C14H12N2O3/c1-9-6-7-19-13(9)14-15-10-4-2-3-5-11(10)16(14)8-12(17)18/h2-7H,8H2,1H3,(H,17,18). The van der Waals surface area contributed by atoms with Gasteiger partial charge in [0.2, 0.25) is 0 Å². The van der Waals surface area contributed by atoms with Crippen molar-refractivity contribution in [1.82, 2.24) is 9.55 Å². The van der Waals surface area contributed by atoms with Crippen molar-refractivity contribution in [3.8, 4) is 11.6 Å². The van der Waals surface area contributed by atoms with Crippen molar-refractivity contribution in [2.45, 2.75) is 13.5 Å². The number of hydrogen-bond donors (Lipinski definition) is 1. The van der Waals surface area contributed by atoms with E-state index in [1.807, 2.05) is 37.3 Å². The van der Waals surface area contributed by atoms with Gasteiger partial charge in [0, 0.05) is 0 Å². The molecule has 2 aromatic heterocycles. The number of furan rings is 1. The number of carbonyl (C=O) groups is 1. The van der Waals surface area contributed by atoms with Crippen LogP contribution in [0.4, 0.5) is 0 Å². The van der Waals surface area contributed by atoms with Gasteiger partial charge in [0.1, 0.15) is 6.54 Å². The van der Waals surface area contributed by atoms with E-state index in [2.05, 4.69) is 4.98 Å². The number of aryl methyl sites for hydroxylation is 1. The molecule has 0 fully saturated rings. The van der Waals surface area contributed by atoms with Crippen LogP contribution in [0.15, 0.2) is 41.0 Å². The largest absolute Gasteiger partial charge is 0.480 e. The Morgan fingerprint density at radius 3 is 2.84 bits per heavy atom. The molecular weight excluding hydrogens is 244 g/mol. The van der Waals surface area contributed by atoms with Gasteiger partial charge in [-0.2, -0.15) is 0 Å². The molecule has 0 bridgehead atoms. The van der Waals surface area contributed by atoms with Gasteiger partial charge >= 0.3 is 5.97 Å². The van der Waals surface area contributed by atoms with E-state index in [0.29, 0.717) is 11.6 Å². The van der Waals surface area contributed by atoms with Crippen LogP contribution in [-0.2, 0) is 11.3 Å². The van der Waals surface area contributed by atoms with Crippen molar-refractivity contribution in [2.75, 3.05) is 0 Å². The zero-order valence-electron chi connectivity index (χ0n) is 10.3. The van der Waals surface area contributed by atoms with Crippen molar-refractivity contribution in [1.29, 1.82) is 0 Å². The Morgan fingerprint density at radius 2 is 2.16 bits per heavy atom. The zero-order valence-corrected chi connectivity index (χ0v) is 10.3. The molecule has 2 heterocycles. The molecule has 0 aliphatic heterocycles. The summed E-state index contributed by atoms with van der Waals surface area (Å²) in [5, 5.41) is 9.06. The van der Waals surface area contributed by atoms with Gasteiger partial charge in [-0.3, -0.25) is 4.79 Å². The van der Waals surface area contributed by atoms with E-state index < -0.39 is 5.97 Å². The van der Waals surface area contributed by atoms with Gasteiger partial charge in [-0.15, -0.1) is 0 Å². The smallest absolute Gasteiger partial charge is 0.323 e. The predicted molar refractivity (Wildman–Crippen MR) is 69.8 cm³/mol. The topological polar surface area (TPSA) is 68.3 Å². The maximum Gasteiger partial charge on any atom is 0.323 e. The minimum absolute atomic E-state index is 0.143. The number of carboxylic acid groups (broad SMARTS) is 1. The van der Waals surface area contributed by atoms with Crippen LogP contribution in [0.25, 0.3) is 22.6 Å². The van der Waals surface area contributed by atoms with Gasteiger partial charge in [-0.1, -0.05) is 12.1 Å². The molecule has 5 heteroatoms. The van der Waals surface area contributed by atoms with Crippen molar-refractivity contribution >= 4 is 17.0 Å². The number of fused-ring (bicyclic) bond motifs is 1. The minimum atomic E-state index is -0.909. The molecule has 3 aromatic rings. The predicted octanol–water partition coefficient (Wildman–Crippen LogP) is 2.69. The first kappa shape index (κ1) is 11.5. The van der Waals surface area contributed by atoms with E-state index in [1.165, 1.54) is 0 Å². The van der Waals surface area contributed by atoms with Crippen LogP contribution in [0.5, 0.6) is 0 Å². The minimum Gasteiger partial charge on any atom is -0.480 e. The summed E-state index contributed by atoms with van der Waals surface area (Å²) in [7, 11) is 0. The molecule has 1 N–H and O–H groups in total. The highest BCUT2D eigenvalue weighted by atomic mass is 16.4. The molecule has 0 amide bonds. The first-order chi connectivity index (χ1) is 9.16. The molecule has 3 rings (SSSR count). The van der Waals surface area contributed by atoms with E-state index in [4.69, 9.17) is 9.52 Å². The zero-order chi connectivity index (χ0) is 13.4. The van der Waals surface area contributed by atoms with Crippen LogP contribution in [0.1, 0.15) is 5.56 Å². The van der Waals surface area contributed by atoms with Gasteiger partial charge in [-0.25, -0.2) is 4.98 Å². The SMILES string of the molecule is Cc1ccoc1-c1nc2ccccc2n1CC(=O)O. The Kier molecular flexibility index (Phi) is 2.59. The van der Waals surface area contributed by atoms with Crippen LogP contribution in [0.3, 0.4) is 0 Å². The van der Waals surface area contributed by atoms with Gasteiger partial charge in [-0.05, 0) is 30.7 Å². The van der Waals surface area contributed by atoms with Crippen LogP contribution < -0.4 is 0 Å². The fourth-order valence-corrected chi connectivity index (χ4v) is 2.15. The lowest BCUT2D eigenvalue weighted by atomic mass is 10.2. The third-order valence-electron chi connectivity index (χ3n) is 3.01. The fraction of sp³-hybridized carbons (Fsp3) is 0.143. The molecule has 0 aliphatic carbocycles. The third-order valence-corrected chi connectivity index (χ3v) is 3.01. The molecule has 0 saturated heterocycles. The lowest BCUT2D eigenvalue weighted by molar-refractivity contribution is -0.137. The highest BCUT2D eigenvalue weighted by Crippen LogP contribution is 2.27. The summed E-state index contributed by atoms with van der Waals surface area (Å²) in [6, 6.07) is 9.28. The normalized spacial score (nSPS) is 11.0. The van der Waals surface area contributed by atoms with E-state index >= 15 is 0 Å². The summed E-state index contributed by atoms with van der Waals surface area (Å²) in [6.45, 7) is 1.76. The molecule has 0 atom stereocenters. The van der Waals surface area contributed by atoms with Gasteiger partial charge in [0.05, 0.1) is 17.3 Å². The Bertz CT molecular complexity index is 755. The number of imidazole rings is 1.